The molecule has 0 atom stereocenters. The predicted octanol–water partition coefficient (Wildman–Crippen LogP) is 7.06. The quantitative estimate of drug-likeness (QED) is 0.448. The zero-order chi connectivity index (χ0) is 23.1. The van der Waals surface area contributed by atoms with Gasteiger partial charge >= 0.3 is 0 Å². The summed E-state index contributed by atoms with van der Waals surface area (Å²) < 4.78 is 6.02. The monoisotopic (exact) mass is 439 g/mol. The predicted molar refractivity (Wildman–Crippen MR) is 134 cm³/mol. The van der Waals surface area contributed by atoms with Crippen LogP contribution in [0.5, 0.6) is 5.75 Å². The first kappa shape index (κ1) is 24.7. The molecule has 0 saturated heterocycles. The Morgan fingerprint density at radius 1 is 1.03 bits per heavy atom. The second-order valence-corrected chi connectivity index (χ2v) is 7.77. The van der Waals surface area contributed by atoms with E-state index in [9.17, 15) is 0 Å². The average molecular weight is 440 g/mol. The average Bonchev–Trinajstić information content (AvgIpc) is 2.75. The highest BCUT2D eigenvalue weighted by Gasteiger charge is 2.26. The topological polar surface area (TPSA) is 74.2 Å². The Hall–Kier alpha value is -2.56. The van der Waals surface area contributed by atoms with Crippen molar-refractivity contribution < 1.29 is 4.74 Å². The summed E-state index contributed by atoms with van der Waals surface area (Å²) in [5.41, 5.74) is 20.3. The fourth-order valence-corrected chi connectivity index (χ4v) is 3.82. The summed E-state index contributed by atoms with van der Waals surface area (Å²) in [5, 5.41) is 0.702. The smallest absolute Gasteiger partial charge is 0.129 e. The number of hydrogen-bond donors (Lipinski definition) is 2. The largest absolute Gasteiger partial charge is 0.488 e. The number of hydrogen-bond acceptors (Lipinski definition) is 4. The maximum atomic E-state index is 6.31. The van der Waals surface area contributed by atoms with Gasteiger partial charge in [0.15, 0.2) is 0 Å². The van der Waals surface area contributed by atoms with Gasteiger partial charge in [0.05, 0.1) is 5.69 Å². The number of anilines is 1. The van der Waals surface area contributed by atoms with Crippen molar-refractivity contribution in [3.8, 4) is 28.1 Å². The first-order chi connectivity index (χ1) is 14.9. The lowest BCUT2D eigenvalue weighted by molar-refractivity contribution is 0.302. The SMILES string of the molecule is CC.CCC.Cc1ccc2c(c1)-c1nc(N)c(CN)c(-c3ccc(Cl)cc3C)c1CO2. The molecule has 1 aliphatic heterocycles. The number of halogens is 1. The third-order valence-electron chi connectivity index (χ3n) is 4.85. The first-order valence-electron chi connectivity index (χ1n) is 10.9. The molecule has 4 rings (SSSR count). The van der Waals surface area contributed by atoms with Gasteiger partial charge in [-0.3, -0.25) is 0 Å². The van der Waals surface area contributed by atoms with Crippen molar-refractivity contribution in [1.29, 1.82) is 0 Å². The van der Waals surface area contributed by atoms with Crippen LogP contribution in [0.2, 0.25) is 5.02 Å². The van der Waals surface area contributed by atoms with Crippen molar-refractivity contribution in [2.45, 2.75) is 61.1 Å². The lowest BCUT2D eigenvalue weighted by Crippen LogP contribution is -2.15. The molecule has 0 amide bonds. The summed E-state index contributed by atoms with van der Waals surface area (Å²) in [7, 11) is 0. The summed E-state index contributed by atoms with van der Waals surface area (Å²) in [6.07, 6.45) is 1.25. The third kappa shape index (κ3) is 5.20. The minimum atomic E-state index is 0.310. The second-order valence-electron chi connectivity index (χ2n) is 7.34. The second kappa shape index (κ2) is 11.2. The van der Waals surface area contributed by atoms with Gasteiger partial charge in [-0.05, 0) is 54.8 Å². The van der Waals surface area contributed by atoms with Crippen molar-refractivity contribution in [1.82, 2.24) is 4.98 Å². The maximum Gasteiger partial charge on any atom is 0.129 e. The van der Waals surface area contributed by atoms with Gasteiger partial charge in [0.1, 0.15) is 18.2 Å². The normalized spacial score (nSPS) is 11.1. The standard InChI is InChI=1S/C21H20ClN3O.C3H8.C2H6/c1-11-3-6-18-15(7-11)20-17(10-26-18)19(16(9-23)21(24)25-20)14-5-4-13(22)8-12(14)2;1-3-2;1-2/h3-8H,9-10,23H2,1-2H3,(H2,24,25);3H2,1-2H3;1-2H3. The van der Waals surface area contributed by atoms with Crippen molar-refractivity contribution >= 4 is 17.4 Å². The van der Waals surface area contributed by atoms with E-state index in [2.05, 4.69) is 26.8 Å². The summed E-state index contributed by atoms with van der Waals surface area (Å²) in [4.78, 5) is 4.69. The number of benzene rings is 2. The van der Waals surface area contributed by atoms with E-state index in [1.807, 2.05) is 51.1 Å². The van der Waals surface area contributed by atoms with Crippen LogP contribution in [0.25, 0.3) is 22.4 Å². The number of ether oxygens (including phenoxy) is 1. The number of aryl methyl sites for hydroxylation is 2. The molecule has 4 nitrogen and oxygen atoms in total. The summed E-state index contributed by atoms with van der Waals surface area (Å²) in [6, 6.07) is 11.9. The van der Waals surface area contributed by atoms with E-state index < -0.39 is 0 Å². The minimum Gasteiger partial charge on any atom is -0.488 e. The number of pyridine rings is 1. The molecule has 2 aromatic carbocycles. The van der Waals surface area contributed by atoms with E-state index in [1.54, 1.807) is 0 Å². The van der Waals surface area contributed by atoms with E-state index in [0.29, 0.717) is 24.0 Å². The van der Waals surface area contributed by atoms with Crippen LogP contribution >= 0.6 is 11.6 Å². The van der Waals surface area contributed by atoms with Crippen LogP contribution in [0.4, 0.5) is 5.82 Å². The number of nitrogens with two attached hydrogens (primary N) is 2. The first-order valence-corrected chi connectivity index (χ1v) is 11.3. The highest BCUT2D eigenvalue weighted by molar-refractivity contribution is 6.30. The zero-order valence-electron chi connectivity index (χ0n) is 19.5. The molecule has 0 radical (unpaired) electrons. The van der Waals surface area contributed by atoms with Gasteiger partial charge < -0.3 is 16.2 Å². The number of nitrogens with zero attached hydrogens (tertiary/aromatic N) is 1. The lowest BCUT2D eigenvalue weighted by atomic mass is 9.88. The number of nitrogen functional groups attached to an aromatic ring is 1. The zero-order valence-corrected chi connectivity index (χ0v) is 20.2. The Balaban J connectivity index is 0.000000630. The Morgan fingerprint density at radius 3 is 2.32 bits per heavy atom. The molecule has 2 heterocycles. The van der Waals surface area contributed by atoms with Gasteiger partial charge in [-0.25, -0.2) is 4.98 Å². The number of rotatable bonds is 2. The molecule has 0 unspecified atom stereocenters. The van der Waals surface area contributed by atoms with Crippen LogP contribution in [-0.4, -0.2) is 4.98 Å². The molecule has 3 aromatic rings. The molecule has 0 aliphatic carbocycles. The van der Waals surface area contributed by atoms with Gasteiger partial charge in [0.25, 0.3) is 0 Å². The Bertz CT molecular complexity index is 1050. The van der Waals surface area contributed by atoms with E-state index in [0.717, 1.165) is 50.4 Å². The van der Waals surface area contributed by atoms with Gasteiger partial charge in [-0.2, -0.15) is 0 Å². The van der Waals surface area contributed by atoms with Gasteiger partial charge in [-0.1, -0.05) is 63.4 Å². The van der Waals surface area contributed by atoms with Crippen molar-refractivity contribution in [2.75, 3.05) is 5.73 Å². The van der Waals surface area contributed by atoms with Crippen molar-refractivity contribution in [3.63, 3.8) is 0 Å². The molecule has 31 heavy (non-hydrogen) atoms. The molecule has 0 saturated carbocycles. The Morgan fingerprint density at radius 2 is 1.71 bits per heavy atom. The van der Waals surface area contributed by atoms with E-state index >= 15 is 0 Å². The van der Waals surface area contributed by atoms with Crippen LogP contribution in [0.3, 0.4) is 0 Å². The summed E-state index contributed by atoms with van der Waals surface area (Å²) in [5.74, 6) is 1.29. The van der Waals surface area contributed by atoms with E-state index in [-0.39, 0.29) is 0 Å². The van der Waals surface area contributed by atoms with Gasteiger partial charge in [0, 0.05) is 28.3 Å². The highest BCUT2D eigenvalue weighted by atomic mass is 35.5. The molecule has 1 aliphatic rings. The lowest BCUT2D eigenvalue weighted by Gasteiger charge is -2.26. The van der Waals surface area contributed by atoms with Crippen LogP contribution in [-0.2, 0) is 13.2 Å². The molecule has 1 aromatic heterocycles. The van der Waals surface area contributed by atoms with Gasteiger partial charge in [-0.15, -0.1) is 0 Å². The van der Waals surface area contributed by atoms with E-state index in [4.69, 9.17) is 32.8 Å². The molecule has 0 fully saturated rings. The molecule has 0 bridgehead atoms. The maximum absolute atomic E-state index is 6.31. The molecule has 5 heteroatoms. The van der Waals surface area contributed by atoms with Crippen molar-refractivity contribution in [3.05, 3.63) is 63.7 Å². The third-order valence-corrected chi connectivity index (χ3v) is 5.09. The Labute approximate surface area is 191 Å². The Kier molecular flexibility index (Phi) is 8.90. The van der Waals surface area contributed by atoms with Gasteiger partial charge in [0.2, 0.25) is 0 Å². The molecule has 0 spiro atoms. The number of fused-ring (bicyclic) bond motifs is 3. The fraction of sp³-hybridized carbons (Fsp3) is 0.346. The van der Waals surface area contributed by atoms with Crippen LogP contribution in [0.15, 0.2) is 36.4 Å². The number of aromatic nitrogens is 1. The molecular formula is C26H34ClN3O. The van der Waals surface area contributed by atoms with Crippen LogP contribution in [0, 0.1) is 13.8 Å². The fourth-order valence-electron chi connectivity index (χ4n) is 3.59. The van der Waals surface area contributed by atoms with Crippen LogP contribution in [0.1, 0.15) is 56.4 Å². The summed E-state index contributed by atoms with van der Waals surface area (Å²) >= 11 is 6.15. The van der Waals surface area contributed by atoms with Crippen molar-refractivity contribution in [2.24, 2.45) is 5.73 Å². The molecule has 166 valence electrons. The highest BCUT2D eigenvalue weighted by Crippen LogP contribution is 2.44. The summed E-state index contributed by atoms with van der Waals surface area (Å²) in [6.45, 7) is 13.1. The van der Waals surface area contributed by atoms with Crippen LogP contribution < -0.4 is 16.2 Å². The molecule has 4 N–H and O–H groups in total. The molecular weight excluding hydrogens is 406 g/mol. The minimum absolute atomic E-state index is 0.310. The van der Waals surface area contributed by atoms with E-state index in [1.165, 1.54) is 6.42 Å².